The van der Waals surface area contributed by atoms with E-state index in [1.807, 2.05) is 0 Å². The Morgan fingerprint density at radius 2 is 1.70 bits per heavy atom. The monoisotopic (exact) mass is 442 g/mol. The number of carbonyl (C=O) groups is 1. The van der Waals surface area contributed by atoms with E-state index in [1.165, 1.54) is 18.2 Å². The summed E-state index contributed by atoms with van der Waals surface area (Å²) in [4.78, 5) is 12.2. The summed E-state index contributed by atoms with van der Waals surface area (Å²) in [7, 11) is 0. The normalized spacial score (nSPS) is 11.2. The number of anilines is 2. The molecule has 0 aromatic heterocycles. The first-order valence-electron chi connectivity index (χ1n) is 7.30. The molecule has 146 valence electrons. The van der Waals surface area contributed by atoms with Crippen LogP contribution in [0.2, 0.25) is 15.1 Å². The quantitative estimate of drug-likeness (QED) is 0.553. The largest absolute Gasteiger partial charge is 0.573 e. The first-order valence-corrected chi connectivity index (χ1v) is 8.44. The molecule has 0 saturated carbocycles. The molecule has 0 saturated heterocycles. The molecule has 5 nitrogen and oxygen atoms in total. The number of alkyl halides is 3. The molecule has 2 rings (SSSR count). The standard InChI is InChI=1S/C16H12Cl3F3N2O3/c17-8-3-10(7-11(4-8)27-16(20,21)22)23-15(26)24-14-6-9(18)5-13(19)12(14)1-2-25/h3-7,25H,1-2H2,(H2,23,24,26). The number of rotatable bonds is 5. The van der Waals surface area contributed by atoms with Gasteiger partial charge in [0.05, 0.1) is 0 Å². The summed E-state index contributed by atoms with van der Waals surface area (Å²) in [6.45, 7) is -0.218. The first kappa shape index (κ1) is 21.4. The van der Waals surface area contributed by atoms with Gasteiger partial charge in [-0.2, -0.15) is 0 Å². The van der Waals surface area contributed by atoms with Crippen molar-refractivity contribution >= 4 is 52.2 Å². The number of benzene rings is 2. The number of hydrogen-bond donors (Lipinski definition) is 3. The van der Waals surface area contributed by atoms with E-state index >= 15 is 0 Å². The van der Waals surface area contributed by atoms with E-state index in [1.54, 1.807) is 0 Å². The Morgan fingerprint density at radius 1 is 1.04 bits per heavy atom. The van der Waals surface area contributed by atoms with Crippen molar-refractivity contribution in [3.8, 4) is 5.75 Å². The number of halogens is 6. The second-order valence-corrected chi connectivity index (χ2v) is 6.47. The number of ether oxygens (including phenoxy) is 1. The van der Waals surface area contributed by atoms with Gasteiger partial charge in [0.15, 0.2) is 0 Å². The van der Waals surface area contributed by atoms with Crippen molar-refractivity contribution < 1.29 is 27.8 Å². The zero-order chi connectivity index (χ0) is 20.2. The summed E-state index contributed by atoms with van der Waals surface area (Å²) in [5.74, 6) is -0.586. The number of hydrogen-bond acceptors (Lipinski definition) is 3. The molecule has 3 N–H and O–H groups in total. The van der Waals surface area contributed by atoms with Crippen molar-refractivity contribution in [2.24, 2.45) is 0 Å². The average molecular weight is 444 g/mol. The summed E-state index contributed by atoms with van der Waals surface area (Å²) in [6.07, 6.45) is -4.74. The number of aliphatic hydroxyl groups is 1. The van der Waals surface area contributed by atoms with Gasteiger partial charge in [0.25, 0.3) is 0 Å². The van der Waals surface area contributed by atoms with Crippen LogP contribution in [0.3, 0.4) is 0 Å². The molecule has 2 amide bonds. The summed E-state index contributed by atoms with van der Waals surface area (Å²) in [5, 5.41) is 14.4. The maximum atomic E-state index is 12.3. The van der Waals surface area contributed by atoms with Gasteiger partial charge in [-0.15, -0.1) is 13.2 Å². The number of amides is 2. The molecule has 0 radical (unpaired) electrons. The van der Waals surface area contributed by atoms with Gasteiger partial charge >= 0.3 is 12.4 Å². The molecule has 0 bridgehead atoms. The van der Waals surface area contributed by atoms with Crippen LogP contribution in [0.15, 0.2) is 30.3 Å². The lowest BCUT2D eigenvalue weighted by atomic mass is 10.1. The molecular weight excluding hydrogens is 432 g/mol. The van der Waals surface area contributed by atoms with Gasteiger partial charge in [0.2, 0.25) is 0 Å². The number of carbonyl (C=O) groups excluding carboxylic acids is 1. The van der Waals surface area contributed by atoms with E-state index in [2.05, 4.69) is 15.4 Å². The maximum absolute atomic E-state index is 12.3. The molecule has 0 aliphatic rings. The van der Waals surface area contributed by atoms with Crippen LogP contribution < -0.4 is 15.4 Å². The number of aliphatic hydroxyl groups excluding tert-OH is 1. The lowest BCUT2D eigenvalue weighted by molar-refractivity contribution is -0.274. The maximum Gasteiger partial charge on any atom is 0.573 e. The van der Waals surface area contributed by atoms with Crippen molar-refractivity contribution in [1.82, 2.24) is 0 Å². The van der Waals surface area contributed by atoms with Crippen LogP contribution in [0.4, 0.5) is 29.3 Å². The SMILES string of the molecule is O=C(Nc1cc(Cl)cc(OC(F)(F)F)c1)Nc1cc(Cl)cc(Cl)c1CCO. The van der Waals surface area contributed by atoms with Crippen molar-refractivity contribution in [2.75, 3.05) is 17.2 Å². The molecule has 0 aliphatic carbocycles. The van der Waals surface area contributed by atoms with Gasteiger partial charge in [-0.05, 0) is 36.2 Å². The molecular formula is C16H12Cl3F3N2O3. The third-order valence-corrected chi connectivity index (χ3v) is 3.91. The van der Waals surface area contributed by atoms with Gasteiger partial charge in [-0.25, -0.2) is 4.79 Å². The van der Waals surface area contributed by atoms with Crippen molar-refractivity contribution in [2.45, 2.75) is 12.8 Å². The first-order chi connectivity index (χ1) is 12.6. The van der Waals surface area contributed by atoms with E-state index in [9.17, 15) is 18.0 Å². The van der Waals surface area contributed by atoms with Crippen molar-refractivity contribution in [1.29, 1.82) is 0 Å². The van der Waals surface area contributed by atoms with Gasteiger partial charge in [-0.1, -0.05) is 34.8 Å². The minimum atomic E-state index is -4.90. The average Bonchev–Trinajstić information content (AvgIpc) is 2.48. The molecule has 27 heavy (non-hydrogen) atoms. The van der Waals surface area contributed by atoms with Gasteiger partial charge in [0.1, 0.15) is 5.75 Å². The molecule has 2 aromatic rings. The van der Waals surface area contributed by atoms with E-state index in [4.69, 9.17) is 39.9 Å². The topological polar surface area (TPSA) is 70.6 Å². The molecule has 0 unspecified atom stereocenters. The Labute approximate surface area is 167 Å². The van der Waals surface area contributed by atoms with Gasteiger partial charge in [0, 0.05) is 39.1 Å². The highest BCUT2D eigenvalue weighted by Crippen LogP contribution is 2.31. The van der Waals surface area contributed by atoms with E-state index < -0.39 is 18.1 Å². The van der Waals surface area contributed by atoms with Crippen LogP contribution in [0.1, 0.15) is 5.56 Å². The Morgan fingerprint density at radius 3 is 2.33 bits per heavy atom. The van der Waals surface area contributed by atoms with Crippen LogP contribution in [0.5, 0.6) is 5.75 Å². The highest BCUT2D eigenvalue weighted by molar-refractivity contribution is 6.35. The van der Waals surface area contributed by atoms with E-state index in [-0.39, 0.29) is 39.5 Å². The highest BCUT2D eigenvalue weighted by Gasteiger charge is 2.31. The summed E-state index contributed by atoms with van der Waals surface area (Å²) >= 11 is 17.7. The van der Waals surface area contributed by atoms with E-state index in [0.29, 0.717) is 5.56 Å². The van der Waals surface area contributed by atoms with Gasteiger partial charge in [-0.3, -0.25) is 0 Å². The Bertz CT molecular complexity index is 848. The second-order valence-electron chi connectivity index (χ2n) is 5.19. The lowest BCUT2D eigenvalue weighted by Crippen LogP contribution is -2.21. The minimum absolute atomic E-state index is 0.0314. The van der Waals surface area contributed by atoms with Crippen LogP contribution >= 0.6 is 34.8 Å². The zero-order valence-corrected chi connectivity index (χ0v) is 15.6. The fourth-order valence-electron chi connectivity index (χ4n) is 2.19. The molecule has 0 heterocycles. The summed E-state index contributed by atoms with van der Waals surface area (Å²) in [5.41, 5.74) is 0.662. The van der Waals surface area contributed by atoms with Crippen LogP contribution in [-0.4, -0.2) is 24.1 Å². The summed E-state index contributed by atoms with van der Waals surface area (Å²) in [6, 6.07) is 5.24. The Kier molecular flexibility index (Phi) is 7.05. The minimum Gasteiger partial charge on any atom is -0.406 e. The van der Waals surface area contributed by atoms with Crippen LogP contribution in [-0.2, 0) is 6.42 Å². The predicted octanol–water partition coefficient (Wildman–Crippen LogP) is 5.72. The Hall–Kier alpha value is -1.87. The van der Waals surface area contributed by atoms with Crippen LogP contribution in [0, 0.1) is 0 Å². The second kappa shape index (κ2) is 8.88. The third kappa shape index (κ3) is 6.66. The molecule has 2 aromatic carbocycles. The van der Waals surface area contributed by atoms with Gasteiger partial charge < -0.3 is 20.5 Å². The summed E-state index contributed by atoms with van der Waals surface area (Å²) < 4.78 is 40.8. The fourth-order valence-corrected chi connectivity index (χ4v) is 3.01. The molecule has 11 heteroatoms. The highest BCUT2D eigenvalue weighted by atomic mass is 35.5. The molecule has 0 fully saturated rings. The van der Waals surface area contributed by atoms with Crippen LogP contribution in [0.25, 0.3) is 0 Å². The number of urea groups is 1. The van der Waals surface area contributed by atoms with E-state index in [0.717, 1.165) is 12.1 Å². The zero-order valence-electron chi connectivity index (χ0n) is 13.3. The molecule has 0 aliphatic heterocycles. The number of nitrogens with one attached hydrogen (secondary N) is 2. The molecule has 0 atom stereocenters. The fraction of sp³-hybridized carbons (Fsp3) is 0.188. The smallest absolute Gasteiger partial charge is 0.406 e. The third-order valence-electron chi connectivity index (χ3n) is 3.13. The lowest BCUT2D eigenvalue weighted by Gasteiger charge is -2.15. The Balaban J connectivity index is 2.19. The van der Waals surface area contributed by atoms with Crippen molar-refractivity contribution in [3.05, 3.63) is 51.0 Å². The predicted molar refractivity (Wildman–Crippen MR) is 98.0 cm³/mol. The molecule has 0 spiro atoms. The van der Waals surface area contributed by atoms with Crippen molar-refractivity contribution in [3.63, 3.8) is 0 Å².